The van der Waals surface area contributed by atoms with E-state index in [4.69, 9.17) is 4.74 Å². The number of aryl methyl sites for hydroxylation is 1. The third kappa shape index (κ3) is 1.68. The van der Waals surface area contributed by atoms with Gasteiger partial charge in [-0.3, -0.25) is 0 Å². The van der Waals surface area contributed by atoms with Gasteiger partial charge in [0.05, 0.1) is 6.61 Å². The van der Waals surface area contributed by atoms with Gasteiger partial charge in [-0.2, -0.15) is 0 Å². The Morgan fingerprint density at radius 1 is 1.67 bits per heavy atom. The van der Waals surface area contributed by atoms with Crippen LogP contribution in [0.2, 0.25) is 0 Å². The van der Waals surface area contributed by atoms with E-state index in [0.717, 1.165) is 19.7 Å². The number of nitrogens with one attached hydrogen (secondary N) is 1. The van der Waals surface area contributed by atoms with Crippen LogP contribution in [0.3, 0.4) is 0 Å². The molecule has 3 heteroatoms. The fourth-order valence-electron chi connectivity index (χ4n) is 1.37. The Hall–Kier alpha value is -0.380. The third-order valence-corrected chi connectivity index (χ3v) is 3.14. The first-order chi connectivity index (χ1) is 5.86. The van der Waals surface area contributed by atoms with Gasteiger partial charge in [0.15, 0.2) is 0 Å². The molecule has 1 fully saturated rings. The topological polar surface area (TPSA) is 21.3 Å². The maximum atomic E-state index is 5.63. The van der Waals surface area contributed by atoms with Crippen molar-refractivity contribution in [2.75, 3.05) is 19.7 Å². The zero-order valence-electron chi connectivity index (χ0n) is 7.17. The second-order valence-electron chi connectivity index (χ2n) is 3.09. The number of rotatable bonds is 1. The second kappa shape index (κ2) is 3.56. The van der Waals surface area contributed by atoms with E-state index in [1.807, 2.05) is 0 Å². The van der Waals surface area contributed by atoms with Crippen molar-refractivity contribution >= 4 is 11.3 Å². The number of thiophene rings is 1. The molecule has 0 bridgehead atoms. The monoisotopic (exact) mass is 183 g/mol. The van der Waals surface area contributed by atoms with Gasteiger partial charge in [0.2, 0.25) is 0 Å². The van der Waals surface area contributed by atoms with Crippen LogP contribution < -0.4 is 5.32 Å². The number of morpholine rings is 1. The summed E-state index contributed by atoms with van der Waals surface area (Å²) in [4.78, 5) is 1.35. The summed E-state index contributed by atoms with van der Waals surface area (Å²) in [6, 6.07) is 2.21. The molecular formula is C9H13NOS. The van der Waals surface area contributed by atoms with Crippen molar-refractivity contribution in [3.05, 3.63) is 21.9 Å². The minimum Gasteiger partial charge on any atom is -0.370 e. The molecule has 0 saturated carbocycles. The normalized spacial score (nSPS) is 24.2. The minimum atomic E-state index is 0.289. The van der Waals surface area contributed by atoms with Gasteiger partial charge < -0.3 is 10.1 Å². The highest BCUT2D eigenvalue weighted by molar-refractivity contribution is 7.10. The van der Waals surface area contributed by atoms with Gasteiger partial charge >= 0.3 is 0 Å². The largest absolute Gasteiger partial charge is 0.370 e. The molecule has 12 heavy (non-hydrogen) atoms. The molecule has 1 unspecified atom stereocenters. The lowest BCUT2D eigenvalue weighted by Crippen LogP contribution is -2.32. The lowest BCUT2D eigenvalue weighted by molar-refractivity contribution is 0.0299. The fraction of sp³-hybridized carbons (Fsp3) is 0.556. The van der Waals surface area contributed by atoms with Crippen LogP contribution in [0.1, 0.15) is 16.5 Å². The van der Waals surface area contributed by atoms with E-state index in [-0.39, 0.29) is 6.10 Å². The zero-order chi connectivity index (χ0) is 8.39. The molecule has 1 aliphatic heterocycles. The maximum Gasteiger partial charge on any atom is 0.104 e. The van der Waals surface area contributed by atoms with Gasteiger partial charge in [-0.05, 0) is 23.9 Å². The van der Waals surface area contributed by atoms with E-state index in [1.54, 1.807) is 11.3 Å². The Balaban J connectivity index is 2.08. The summed E-state index contributed by atoms with van der Waals surface area (Å²) in [6.07, 6.45) is 0.289. The predicted molar refractivity (Wildman–Crippen MR) is 50.6 cm³/mol. The van der Waals surface area contributed by atoms with Gasteiger partial charge in [0, 0.05) is 18.0 Å². The van der Waals surface area contributed by atoms with E-state index >= 15 is 0 Å². The SMILES string of the molecule is Cc1csc(C2CNCCO2)c1. The van der Waals surface area contributed by atoms with Crippen LogP contribution >= 0.6 is 11.3 Å². The minimum absolute atomic E-state index is 0.289. The molecule has 1 N–H and O–H groups in total. The van der Waals surface area contributed by atoms with E-state index in [2.05, 4.69) is 23.7 Å². The van der Waals surface area contributed by atoms with Crippen molar-refractivity contribution in [2.45, 2.75) is 13.0 Å². The molecule has 1 aliphatic rings. The highest BCUT2D eigenvalue weighted by Gasteiger charge is 2.16. The molecule has 0 spiro atoms. The van der Waals surface area contributed by atoms with Crippen molar-refractivity contribution in [1.29, 1.82) is 0 Å². The van der Waals surface area contributed by atoms with E-state index < -0.39 is 0 Å². The van der Waals surface area contributed by atoms with Crippen molar-refractivity contribution in [2.24, 2.45) is 0 Å². The first-order valence-electron chi connectivity index (χ1n) is 4.23. The van der Waals surface area contributed by atoms with Crippen molar-refractivity contribution in [3.8, 4) is 0 Å². The average molecular weight is 183 g/mol. The molecule has 0 radical (unpaired) electrons. The van der Waals surface area contributed by atoms with Gasteiger partial charge in [0.25, 0.3) is 0 Å². The lowest BCUT2D eigenvalue weighted by atomic mass is 10.2. The molecule has 0 aliphatic carbocycles. The Labute approximate surface area is 76.6 Å². The van der Waals surface area contributed by atoms with Crippen LogP contribution in [0.4, 0.5) is 0 Å². The summed E-state index contributed by atoms with van der Waals surface area (Å²) in [5.74, 6) is 0. The zero-order valence-corrected chi connectivity index (χ0v) is 7.99. The molecule has 1 atom stereocenters. The van der Waals surface area contributed by atoms with Crippen molar-refractivity contribution < 1.29 is 4.74 Å². The standard InChI is InChI=1S/C9H13NOS/c1-7-4-9(12-6-7)8-5-10-2-3-11-8/h4,6,8,10H,2-3,5H2,1H3. The smallest absolute Gasteiger partial charge is 0.104 e. The molecular weight excluding hydrogens is 170 g/mol. The Morgan fingerprint density at radius 2 is 2.58 bits per heavy atom. The fourth-order valence-corrected chi connectivity index (χ4v) is 2.32. The average Bonchev–Trinajstić information content (AvgIpc) is 2.54. The summed E-state index contributed by atoms with van der Waals surface area (Å²) in [6.45, 7) is 4.90. The molecule has 1 saturated heterocycles. The highest BCUT2D eigenvalue weighted by atomic mass is 32.1. The summed E-state index contributed by atoms with van der Waals surface area (Å²) < 4.78 is 5.63. The first-order valence-corrected chi connectivity index (χ1v) is 5.11. The molecule has 1 aromatic rings. The Kier molecular flexibility index (Phi) is 2.44. The molecule has 66 valence electrons. The predicted octanol–water partition coefficient (Wildman–Crippen LogP) is 1.72. The molecule has 2 heterocycles. The molecule has 0 amide bonds. The summed E-state index contributed by atoms with van der Waals surface area (Å²) in [7, 11) is 0. The van der Waals surface area contributed by atoms with Crippen LogP contribution in [0.5, 0.6) is 0 Å². The lowest BCUT2D eigenvalue weighted by Gasteiger charge is -2.22. The van der Waals surface area contributed by atoms with Gasteiger partial charge in [-0.25, -0.2) is 0 Å². The van der Waals surface area contributed by atoms with E-state index in [9.17, 15) is 0 Å². The molecule has 1 aromatic heterocycles. The molecule has 0 aromatic carbocycles. The number of hydrogen-bond acceptors (Lipinski definition) is 3. The number of hydrogen-bond donors (Lipinski definition) is 1. The Morgan fingerprint density at radius 3 is 3.17 bits per heavy atom. The quantitative estimate of drug-likeness (QED) is 0.715. The molecule has 2 nitrogen and oxygen atoms in total. The van der Waals surface area contributed by atoms with Gasteiger partial charge in [-0.15, -0.1) is 11.3 Å². The van der Waals surface area contributed by atoms with Crippen LogP contribution in [0.15, 0.2) is 11.4 Å². The number of ether oxygens (including phenoxy) is 1. The Bertz CT molecular complexity index is 253. The summed E-state index contributed by atoms with van der Waals surface area (Å²) in [5, 5.41) is 5.50. The van der Waals surface area contributed by atoms with Gasteiger partial charge in [-0.1, -0.05) is 0 Å². The van der Waals surface area contributed by atoms with Gasteiger partial charge in [0.1, 0.15) is 6.10 Å². The molecule has 2 rings (SSSR count). The van der Waals surface area contributed by atoms with Crippen LogP contribution in [-0.2, 0) is 4.74 Å². The van der Waals surface area contributed by atoms with E-state index in [0.29, 0.717) is 0 Å². The maximum absolute atomic E-state index is 5.63. The van der Waals surface area contributed by atoms with Crippen LogP contribution in [0.25, 0.3) is 0 Å². The third-order valence-electron chi connectivity index (χ3n) is 2.00. The highest BCUT2D eigenvalue weighted by Crippen LogP contribution is 2.25. The van der Waals surface area contributed by atoms with Crippen molar-refractivity contribution in [1.82, 2.24) is 5.32 Å². The second-order valence-corrected chi connectivity index (χ2v) is 4.03. The van der Waals surface area contributed by atoms with Crippen LogP contribution in [0, 0.1) is 6.92 Å². The summed E-state index contributed by atoms with van der Waals surface area (Å²) >= 11 is 1.79. The van der Waals surface area contributed by atoms with E-state index in [1.165, 1.54) is 10.4 Å². The van der Waals surface area contributed by atoms with Crippen molar-refractivity contribution in [3.63, 3.8) is 0 Å². The first kappa shape index (κ1) is 8.23. The summed E-state index contributed by atoms with van der Waals surface area (Å²) in [5.41, 5.74) is 1.34. The van der Waals surface area contributed by atoms with Crippen LogP contribution in [-0.4, -0.2) is 19.7 Å².